The molecule has 1 saturated carbocycles. The van der Waals surface area contributed by atoms with Gasteiger partial charge in [0.15, 0.2) is 5.76 Å². The van der Waals surface area contributed by atoms with Gasteiger partial charge in [-0.05, 0) is 49.9 Å². The van der Waals surface area contributed by atoms with E-state index >= 15 is 0 Å². The van der Waals surface area contributed by atoms with Crippen LogP contribution in [0.25, 0.3) is 11.3 Å². The van der Waals surface area contributed by atoms with E-state index < -0.39 is 0 Å². The highest BCUT2D eigenvalue weighted by Crippen LogP contribution is 2.29. The van der Waals surface area contributed by atoms with Gasteiger partial charge in [-0.25, -0.2) is 9.37 Å². The van der Waals surface area contributed by atoms with Crippen molar-refractivity contribution < 1.29 is 13.7 Å². The zero-order chi connectivity index (χ0) is 24.2. The van der Waals surface area contributed by atoms with Gasteiger partial charge in [0.1, 0.15) is 5.82 Å². The summed E-state index contributed by atoms with van der Waals surface area (Å²) in [6.07, 6.45) is 8.08. The van der Waals surface area contributed by atoms with Gasteiger partial charge < -0.3 is 20.0 Å². The zero-order valence-electron chi connectivity index (χ0n) is 19.5. The lowest BCUT2D eigenvalue weighted by Gasteiger charge is -2.40. The Bertz CT molecular complexity index is 1150. The van der Waals surface area contributed by atoms with Crippen LogP contribution in [0.5, 0.6) is 0 Å². The molecule has 1 aliphatic carbocycles. The summed E-state index contributed by atoms with van der Waals surface area (Å²) < 4.78 is 20.0. The van der Waals surface area contributed by atoms with Crippen LogP contribution in [-0.2, 0) is 0 Å². The first-order chi connectivity index (χ1) is 17.1. The minimum absolute atomic E-state index is 0.112. The number of aromatic nitrogens is 1. The maximum absolute atomic E-state index is 14.1. The van der Waals surface area contributed by atoms with E-state index in [1.807, 2.05) is 12.1 Å². The SMILES string of the molecule is O=[N+]([O-])c1ccc(N2CCCC(N[C@@H]3CCCC[C@H]3Nc3ncc(-c4ccccc4F)o3)C2)cc1. The van der Waals surface area contributed by atoms with E-state index in [1.165, 1.54) is 12.5 Å². The number of piperidine rings is 1. The van der Waals surface area contributed by atoms with Gasteiger partial charge in [-0.3, -0.25) is 10.1 Å². The molecule has 1 unspecified atom stereocenters. The number of non-ortho nitro benzene ring substituents is 1. The molecule has 9 heteroatoms. The third-order valence-corrected chi connectivity index (χ3v) is 7.02. The van der Waals surface area contributed by atoms with Crippen LogP contribution in [-0.4, -0.2) is 41.1 Å². The van der Waals surface area contributed by atoms with E-state index in [4.69, 9.17) is 4.42 Å². The maximum atomic E-state index is 14.1. The molecule has 0 bridgehead atoms. The summed E-state index contributed by atoms with van der Waals surface area (Å²) in [6, 6.07) is 14.5. The molecule has 2 heterocycles. The summed E-state index contributed by atoms with van der Waals surface area (Å²) in [5.74, 6) is 0.0826. The predicted octanol–water partition coefficient (Wildman–Crippen LogP) is 5.37. The monoisotopic (exact) mass is 479 g/mol. The van der Waals surface area contributed by atoms with Crippen molar-refractivity contribution in [2.24, 2.45) is 0 Å². The first-order valence-corrected chi connectivity index (χ1v) is 12.3. The Kier molecular flexibility index (Phi) is 6.94. The highest BCUT2D eigenvalue weighted by molar-refractivity contribution is 5.58. The van der Waals surface area contributed by atoms with E-state index in [1.54, 1.807) is 36.5 Å². The number of halogens is 1. The molecule has 0 amide bonds. The maximum Gasteiger partial charge on any atom is 0.295 e. The smallest absolute Gasteiger partial charge is 0.295 e. The summed E-state index contributed by atoms with van der Waals surface area (Å²) in [6.45, 7) is 1.80. The second-order valence-corrected chi connectivity index (χ2v) is 9.38. The highest BCUT2D eigenvalue weighted by Gasteiger charge is 2.30. The summed E-state index contributed by atoms with van der Waals surface area (Å²) in [5.41, 5.74) is 1.53. The second kappa shape index (κ2) is 10.4. The molecule has 2 aromatic carbocycles. The van der Waals surface area contributed by atoms with Crippen LogP contribution >= 0.6 is 0 Å². The van der Waals surface area contributed by atoms with E-state index in [-0.39, 0.29) is 28.5 Å². The van der Waals surface area contributed by atoms with Crippen LogP contribution in [0, 0.1) is 15.9 Å². The van der Waals surface area contributed by atoms with E-state index in [9.17, 15) is 14.5 Å². The summed E-state index contributed by atoms with van der Waals surface area (Å²) >= 11 is 0. The molecular formula is C26H30FN5O3. The fourth-order valence-corrected chi connectivity index (χ4v) is 5.22. The molecule has 3 aromatic rings. The van der Waals surface area contributed by atoms with Gasteiger partial charge in [0.05, 0.1) is 16.7 Å². The van der Waals surface area contributed by atoms with Crippen molar-refractivity contribution in [2.45, 2.75) is 56.7 Å². The van der Waals surface area contributed by atoms with Gasteiger partial charge in [-0.1, -0.05) is 25.0 Å². The molecule has 0 spiro atoms. The quantitative estimate of drug-likeness (QED) is 0.347. The highest BCUT2D eigenvalue weighted by atomic mass is 19.1. The van der Waals surface area contributed by atoms with Gasteiger partial charge in [-0.2, -0.15) is 0 Å². The topological polar surface area (TPSA) is 96.5 Å². The third-order valence-electron chi connectivity index (χ3n) is 7.02. The second-order valence-electron chi connectivity index (χ2n) is 9.38. The molecule has 0 radical (unpaired) electrons. The number of oxazole rings is 1. The molecule has 1 aromatic heterocycles. The lowest BCUT2D eigenvalue weighted by atomic mass is 9.89. The lowest BCUT2D eigenvalue weighted by molar-refractivity contribution is -0.384. The average molecular weight is 480 g/mol. The Hall–Kier alpha value is -3.46. The van der Waals surface area contributed by atoms with E-state index in [0.29, 0.717) is 23.4 Å². The van der Waals surface area contributed by atoms with Crippen molar-refractivity contribution in [1.82, 2.24) is 10.3 Å². The number of hydrogen-bond donors (Lipinski definition) is 2. The van der Waals surface area contributed by atoms with Crippen LogP contribution in [0.3, 0.4) is 0 Å². The van der Waals surface area contributed by atoms with Crippen LogP contribution in [0.1, 0.15) is 38.5 Å². The molecule has 8 nitrogen and oxygen atoms in total. The molecule has 5 rings (SSSR count). The predicted molar refractivity (Wildman–Crippen MR) is 133 cm³/mol. The van der Waals surface area contributed by atoms with Gasteiger partial charge in [-0.15, -0.1) is 0 Å². The minimum atomic E-state index is -0.367. The van der Waals surface area contributed by atoms with E-state index in [2.05, 4.69) is 20.5 Å². The van der Waals surface area contributed by atoms with Gasteiger partial charge >= 0.3 is 0 Å². The number of nitro benzene ring substituents is 1. The number of hydrogen-bond acceptors (Lipinski definition) is 7. The standard InChI is InChI=1S/C26H30FN5O3/c27-22-8-2-1-7-21(22)25-16-28-26(35-25)30-24-10-4-3-9-23(24)29-18-6-5-15-31(17-18)19-11-13-20(14-12-19)32(33)34/h1-2,7-8,11-14,16,18,23-24,29H,3-6,9-10,15,17H2,(H,28,30)/t18?,23-,24-/m1/s1. The molecule has 184 valence electrons. The third kappa shape index (κ3) is 5.45. The molecule has 1 saturated heterocycles. The number of nitrogens with one attached hydrogen (secondary N) is 2. The average Bonchev–Trinajstić information content (AvgIpc) is 3.34. The summed E-state index contributed by atoms with van der Waals surface area (Å²) in [7, 11) is 0. The molecule has 1 aliphatic heterocycles. The summed E-state index contributed by atoms with van der Waals surface area (Å²) in [4.78, 5) is 17.2. The molecule has 2 aliphatic rings. The fourth-order valence-electron chi connectivity index (χ4n) is 5.22. The van der Waals surface area contributed by atoms with Crippen LogP contribution < -0.4 is 15.5 Å². The van der Waals surface area contributed by atoms with Gasteiger partial charge in [0.25, 0.3) is 11.7 Å². The van der Waals surface area contributed by atoms with Gasteiger partial charge in [0.2, 0.25) is 0 Å². The Morgan fingerprint density at radius 3 is 2.57 bits per heavy atom. The van der Waals surface area contributed by atoms with Crippen molar-refractivity contribution in [2.75, 3.05) is 23.3 Å². The van der Waals surface area contributed by atoms with Crippen molar-refractivity contribution in [3.05, 3.63) is 70.7 Å². The summed E-state index contributed by atoms with van der Waals surface area (Å²) in [5, 5.41) is 18.3. The van der Waals surface area contributed by atoms with Crippen LogP contribution in [0.2, 0.25) is 0 Å². The van der Waals surface area contributed by atoms with Crippen molar-refractivity contribution in [3.8, 4) is 11.3 Å². The number of nitrogens with zero attached hydrogens (tertiary/aromatic N) is 3. The van der Waals surface area contributed by atoms with Crippen LogP contribution in [0.15, 0.2) is 59.1 Å². The molecule has 35 heavy (non-hydrogen) atoms. The number of rotatable bonds is 7. The Morgan fingerprint density at radius 2 is 1.80 bits per heavy atom. The normalized spacial score (nSPS) is 22.7. The molecular weight excluding hydrogens is 449 g/mol. The first-order valence-electron chi connectivity index (χ1n) is 12.3. The van der Waals surface area contributed by atoms with E-state index in [0.717, 1.165) is 50.9 Å². The van der Waals surface area contributed by atoms with Gasteiger partial charge in [0, 0.05) is 49.0 Å². The Labute approximate surface area is 203 Å². The Morgan fingerprint density at radius 1 is 1.03 bits per heavy atom. The van der Waals surface area contributed by atoms with Crippen molar-refractivity contribution in [1.29, 1.82) is 0 Å². The van der Waals surface area contributed by atoms with Crippen molar-refractivity contribution in [3.63, 3.8) is 0 Å². The molecule has 2 fully saturated rings. The van der Waals surface area contributed by atoms with Crippen molar-refractivity contribution >= 4 is 17.4 Å². The molecule has 3 atom stereocenters. The number of benzene rings is 2. The Balaban J connectivity index is 1.22. The van der Waals surface area contributed by atoms with Crippen LogP contribution in [0.4, 0.5) is 21.8 Å². The lowest BCUT2D eigenvalue weighted by Crippen LogP contribution is -2.54. The first kappa shape index (κ1) is 23.3. The fraction of sp³-hybridized carbons (Fsp3) is 0.423. The largest absolute Gasteiger partial charge is 0.423 e. The zero-order valence-corrected chi connectivity index (χ0v) is 19.5. The molecule has 2 N–H and O–H groups in total. The minimum Gasteiger partial charge on any atom is -0.423 e. The number of nitro groups is 1. The number of anilines is 2.